The van der Waals surface area contributed by atoms with Crippen LogP contribution in [0.4, 0.5) is 0 Å². The molecule has 0 saturated carbocycles. The van der Waals surface area contributed by atoms with Gasteiger partial charge in [-0.05, 0) is 31.3 Å². The van der Waals surface area contributed by atoms with Crippen molar-refractivity contribution in [3.05, 3.63) is 0 Å². The number of aliphatic carboxylic acids is 1. The second kappa shape index (κ2) is 10.1. The van der Waals surface area contributed by atoms with E-state index in [4.69, 9.17) is 10.8 Å². The van der Waals surface area contributed by atoms with Crippen LogP contribution < -0.4 is 16.4 Å². The highest BCUT2D eigenvalue weighted by Crippen LogP contribution is 2.18. The predicted molar refractivity (Wildman–Crippen MR) is 89.4 cm³/mol. The van der Waals surface area contributed by atoms with Crippen LogP contribution in [-0.4, -0.2) is 77.4 Å². The SMILES string of the molecule is CSCC[C@H](N)C(=O)N1CCC[C@H]1C(=O)O.O=C1NCCNC1=O. The van der Waals surface area contributed by atoms with Gasteiger partial charge in [0.1, 0.15) is 6.04 Å². The summed E-state index contributed by atoms with van der Waals surface area (Å²) < 4.78 is 0. The molecule has 2 fully saturated rings. The van der Waals surface area contributed by atoms with E-state index < -0.39 is 29.9 Å². The molecule has 5 N–H and O–H groups in total. The van der Waals surface area contributed by atoms with Crippen LogP contribution in [0.5, 0.6) is 0 Å². The molecule has 0 bridgehead atoms. The molecule has 0 spiro atoms. The van der Waals surface area contributed by atoms with E-state index in [-0.39, 0.29) is 5.91 Å². The maximum absolute atomic E-state index is 11.9. The summed E-state index contributed by atoms with van der Waals surface area (Å²) in [6, 6.07) is -1.24. The molecule has 2 heterocycles. The van der Waals surface area contributed by atoms with Gasteiger partial charge < -0.3 is 26.4 Å². The number of nitrogens with one attached hydrogen (secondary N) is 2. The molecule has 2 atom stereocenters. The van der Waals surface area contributed by atoms with Gasteiger partial charge in [0.05, 0.1) is 6.04 Å². The first kappa shape index (κ1) is 20.2. The van der Waals surface area contributed by atoms with Crippen LogP contribution >= 0.6 is 11.8 Å². The van der Waals surface area contributed by atoms with E-state index in [1.54, 1.807) is 11.8 Å². The van der Waals surface area contributed by atoms with E-state index >= 15 is 0 Å². The van der Waals surface area contributed by atoms with Gasteiger partial charge in [0, 0.05) is 19.6 Å². The zero-order valence-corrected chi connectivity index (χ0v) is 14.4. The van der Waals surface area contributed by atoms with E-state index in [2.05, 4.69) is 10.6 Å². The van der Waals surface area contributed by atoms with Gasteiger partial charge in [-0.1, -0.05) is 0 Å². The molecule has 24 heavy (non-hydrogen) atoms. The number of carbonyl (C=O) groups is 4. The van der Waals surface area contributed by atoms with E-state index in [1.807, 2.05) is 6.26 Å². The third-order valence-electron chi connectivity index (χ3n) is 3.67. The Hall–Kier alpha value is -1.81. The molecule has 2 aliphatic heterocycles. The highest BCUT2D eigenvalue weighted by molar-refractivity contribution is 7.98. The van der Waals surface area contributed by atoms with Gasteiger partial charge in [-0.15, -0.1) is 0 Å². The van der Waals surface area contributed by atoms with Crippen molar-refractivity contribution >= 4 is 35.5 Å². The minimum Gasteiger partial charge on any atom is -0.480 e. The fourth-order valence-electron chi connectivity index (χ4n) is 2.38. The van der Waals surface area contributed by atoms with E-state index in [0.717, 1.165) is 12.2 Å². The fourth-order valence-corrected chi connectivity index (χ4v) is 2.87. The summed E-state index contributed by atoms with van der Waals surface area (Å²) in [5.74, 6) is -1.40. The van der Waals surface area contributed by atoms with Crippen molar-refractivity contribution in [1.29, 1.82) is 0 Å². The van der Waals surface area contributed by atoms with Crippen LogP contribution in [0.3, 0.4) is 0 Å². The first-order chi connectivity index (χ1) is 11.4. The molecule has 2 saturated heterocycles. The lowest BCUT2D eigenvalue weighted by Crippen LogP contribution is -2.49. The molecule has 0 aromatic rings. The topological polar surface area (TPSA) is 142 Å². The number of carboxylic acids is 1. The van der Waals surface area contributed by atoms with Crippen LogP contribution in [0.15, 0.2) is 0 Å². The highest BCUT2D eigenvalue weighted by atomic mass is 32.2. The molecule has 0 aromatic carbocycles. The first-order valence-electron chi connectivity index (χ1n) is 7.72. The van der Waals surface area contributed by atoms with Crippen molar-refractivity contribution < 1.29 is 24.3 Å². The molecular formula is C14H24N4O5S. The van der Waals surface area contributed by atoms with Gasteiger partial charge in [0.25, 0.3) is 0 Å². The number of hydrogen-bond donors (Lipinski definition) is 4. The number of piperazine rings is 1. The summed E-state index contributed by atoms with van der Waals surface area (Å²) in [6.45, 7) is 1.61. The lowest BCUT2D eigenvalue weighted by Gasteiger charge is -2.24. The molecule has 0 unspecified atom stereocenters. The monoisotopic (exact) mass is 360 g/mol. The van der Waals surface area contributed by atoms with Crippen molar-refractivity contribution in [3.63, 3.8) is 0 Å². The number of nitrogens with two attached hydrogens (primary N) is 1. The molecule has 0 aliphatic carbocycles. The molecule has 0 radical (unpaired) electrons. The Balaban J connectivity index is 0.000000300. The lowest BCUT2D eigenvalue weighted by molar-refractivity contribution is -0.148. The molecular weight excluding hydrogens is 336 g/mol. The Morgan fingerprint density at radius 3 is 2.38 bits per heavy atom. The number of rotatable bonds is 5. The van der Waals surface area contributed by atoms with E-state index in [1.165, 1.54) is 4.90 Å². The van der Waals surface area contributed by atoms with Gasteiger partial charge in [0.15, 0.2) is 0 Å². The Kier molecular flexibility index (Phi) is 8.55. The number of amides is 3. The third-order valence-corrected chi connectivity index (χ3v) is 4.32. The maximum Gasteiger partial charge on any atom is 0.326 e. The van der Waals surface area contributed by atoms with Crippen LogP contribution in [-0.2, 0) is 19.2 Å². The van der Waals surface area contributed by atoms with E-state index in [9.17, 15) is 19.2 Å². The molecule has 3 amide bonds. The summed E-state index contributed by atoms with van der Waals surface area (Å²) >= 11 is 1.63. The average molecular weight is 360 g/mol. The number of thioether (sulfide) groups is 1. The molecule has 2 rings (SSSR count). The smallest absolute Gasteiger partial charge is 0.326 e. The Morgan fingerprint density at radius 2 is 1.92 bits per heavy atom. The van der Waals surface area contributed by atoms with Crippen molar-refractivity contribution in [1.82, 2.24) is 15.5 Å². The Morgan fingerprint density at radius 1 is 1.33 bits per heavy atom. The van der Waals surface area contributed by atoms with Crippen molar-refractivity contribution in [2.45, 2.75) is 31.3 Å². The summed E-state index contributed by atoms with van der Waals surface area (Å²) in [4.78, 5) is 44.8. The highest BCUT2D eigenvalue weighted by Gasteiger charge is 2.35. The zero-order chi connectivity index (χ0) is 18.1. The largest absolute Gasteiger partial charge is 0.480 e. The van der Waals surface area contributed by atoms with Crippen molar-refractivity contribution in [3.8, 4) is 0 Å². The second-order valence-corrected chi connectivity index (χ2v) is 6.41. The van der Waals surface area contributed by atoms with E-state index in [0.29, 0.717) is 32.5 Å². The van der Waals surface area contributed by atoms with Crippen LogP contribution in [0.2, 0.25) is 0 Å². The number of carboxylic acid groups (broad SMARTS) is 1. The maximum atomic E-state index is 11.9. The molecule has 2 aliphatic rings. The molecule has 9 nitrogen and oxygen atoms in total. The van der Waals surface area contributed by atoms with Crippen LogP contribution in [0.25, 0.3) is 0 Å². The van der Waals surface area contributed by atoms with Crippen molar-refractivity contribution in [2.24, 2.45) is 5.73 Å². The fraction of sp³-hybridized carbons (Fsp3) is 0.714. The quantitative estimate of drug-likeness (QED) is 0.431. The Labute approximate surface area is 144 Å². The second-order valence-electron chi connectivity index (χ2n) is 5.43. The number of hydrogen-bond acceptors (Lipinski definition) is 6. The van der Waals surface area contributed by atoms with Gasteiger partial charge in [0.2, 0.25) is 5.91 Å². The van der Waals surface area contributed by atoms with Gasteiger partial charge >= 0.3 is 17.8 Å². The number of carbonyl (C=O) groups excluding carboxylic acids is 3. The lowest BCUT2D eigenvalue weighted by atomic mass is 10.2. The predicted octanol–water partition coefficient (Wildman–Crippen LogP) is -1.63. The average Bonchev–Trinajstić information content (AvgIpc) is 3.05. The summed E-state index contributed by atoms with van der Waals surface area (Å²) in [7, 11) is 0. The summed E-state index contributed by atoms with van der Waals surface area (Å²) in [6.07, 6.45) is 3.84. The first-order valence-corrected chi connectivity index (χ1v) is 9.11. The number of nitrogens with zero attached hydrogens (tertiary/aromatic N) is 1. The van der Waals surface area contributed by atoms with Crippen LogP contribution in [0, 0.1) is 0 Å². The van der Waals surface area contributed by atoms with Gasteiger partial charge in [-0.2, -0.15) is 11.8 Å². The normalized spacial score (nSPS) is 21.2. The van der Waals surface area contributed by atoms with Gasteiger partial charge in [-0.3, -0.25) is 14.4 Å². The van der Waals surface area contributed by atoms with Crippen LogP contribution in [0.1, 0.15) is 19.3 Å². The third kappa shape index (κ3) is 6.00. The number of likely N-dealkylation sites (tertiary alicyclic amines) is 1. The molecule has 136 valence electrons. The summed E-state index contributed by atoms with van der Waals surface area (Å²) in [5, 5.41) is 13.7. The van der Waals surface area contributed by atoms with Crippen molar-refractivity contribution in [2.75, 3.05) is 31.6 Å². The van der Waals surface area contributed by atoms with Gasteiger partial charge in [-0.25, -0.2) is 4.79 Å². The molecule has 10 heteroatoms. The molecule has 0 aromatic heterocycles. The zero-order valence-electron chi connectivity index (χ0n) is 13.6. The summed E-state index contributed by atoms with van der Waals surface area (Å²) in [5.41, 5.74) is 5.75. The Bertz CT molecular complexity index is 472. The minimum absolute atomic E-state index is 0.223. The minimum atomic E-state index is -0.928. The standard InChI is InChI=1S/C10H18N2O3S.C4H6N2O2/c1-16-6-4-7(11)9(13)12-5-2-3-8(12)10(14)15;7-3-4(8)6-2-1-5-3/h7-8H,2-6,11H2,1H3,(H,14,15);1-2H2,(H,5,7)(H,6,8)/t7-,8-;/m0./s1.